The Morgan fingerprint density at radius 1 is 1.00 bits per heavy atom. The van der Waals surface area contributed by atoms with Crippen LogP contribution in [0.2, 0.25) is 0 Å². The van der Waals surface area contributed by atoms with Gasteiger partial charge in [0.1, 0.15) is 0 Å². The van der Waals surface area contributed by atoms with Gasteiger partial charge in [-0.3, -0.25) is 4.90 Å². The van der Waals surface area contributed by atoms with E-state index in [0.717, 1.165) is 31.0 Å². The molecule has 2 heterocycles. The number of hydrogen-bond donors (Lipinski definition) is 0. The summed E-state index contributed by atoms with van der Waals surface area (Å²) >= 11 is 0. The molecule has 0 N–H and O–H groups in total. The lowest BCUT2D eigenvalue weighted by Gasteiger charge is -2.33. The van der Waals surface area contributed by atoms with Gasteiger partial charge in [-0.1, -0.05) is 25.1 Å². The van der Waals surface area contributed by atoms with Crippen molar-refractivity contribution >= 4 is 0 Å². The van der Waals surface area contributed by atoms with E-state index in [1.807, 2.05) is 36.5 Å². The van der Waals surface area contributed by atoms with Gasteiger partial charge >= 0.3 is 0 Å². The quantitative estimate of drug-likeness (QED) is 0.839. The second kappa shape index (κ2) is 6.83. The van der Waals surface area contributed by atoms with Crippen LogP contribution in [0, 0.1) is 0 Å². The Labute approximate surface area is 126 Å². The molecule has 3 rings (SSSR count). The molecule has 1 aliphatic rings. The van der Waals surface area contributed by atoms with Gasteiger partial charge in [0.05, 0.1) is 17.6 Å². The Bertz CT molecular complexity index is 543. The van der Waals surface area contributed by atoms with Crippen LogP contribution >= 0.6 is 0 Å². The van der Waals surface area contributed by atoms with E-state index >= 15 is 0 Å². The van der Waals surface area contributed by atoms with Crippen molar-refractivity contribution in [2.24, 2.45) is 0 Å². The number of benzene rings is 1. The first kappa shape index (κ1) is 14.2. The summed E-state index contributed by atoms with van der Waals surface area (Å²) in [6.07, 6.45) is 3.12. The van der Waals surface area contributed by atoms with Crippen molar-refractivity contribution in [3.05, 3.63) is 42.2 Å². The van der Waals surface area contributed by atoms with Gasteiger partial charge < -0.3 is 4.90 Å². The summed E-state index contributed by atoms with van der Waals surface area (Å²) in [6, 6.07) is 10.1. The van der Waals surface area contributed by atoms with Crippen LogP contribution in [0.15, 0.2) is 36.5 Å². The average molecular weight is 285 g/mol. The fourth-order valence-corrected chi connectivity index (χ4v) is 2.77. The number of aromatic nitrogens is 3. The zero-order valence-electron chi connectivity index (χ0n) is 12.6. The number of rotatable bonds is 5. The van der Waals surface area contributed by atoms with Crippen LogP contribution in [0.1, 0.15) is 19.0 Å². The third kappa shape index (κ3) is 3.68. The predicted octanol–water partition coefficient (Wildman–Crippen LogP) is 1.79. The molecule has 0 amide bonds. The summed E-state index contributed by atoms with van der Waals surface area (Å²) in [4.78, 5) is 6.71. The average Bonchev–Trinajstić information content (AvgIpc) is 2.99. The van der Waals surface area contributed by atoms with Crippen LogP contribution < -0.4 is 0 Å². The van der Waals surface area contributed by atoms with E-state index in [9.17, 15) is 0 Å². The van der Waals surface area contributed by atoms with Crippen LogP contribution in [0.5, 0.6) is 0 Å². The molecule has 1 fully saturated rings. The van der Waals surface area contributed by atoms with Crippen molar-refractivity contribution in [2.45, 2.75) is 19.9 Å². The lowest BCUT2D eigenvalue weighted by molar-refractivity contribution is 0.126. The summed E-state index contributed by atoms with van der Waals surface area (Å²) in [6.45, 7) is 8.94. The second-order valence-electron chi connectivity index (χ2n) is 5.58. The van der Waals surface area contributed by atoms with E-state index < -0.39 is 0 Å². The fraction of sp³-hybridized carbons (Fsp3) is 0.500. The third-order valence-corrected chi connectivity index (χ3v) is 3.92. The maximum atomic E-state index is 4.58. The standard InChI is InChI=1S/C16H23N5/c1-2-8-19-9-11-20(12-10-19)14-15-13-17-21(18-15)16-6-4-3-5-7-16/h3-7,13H,2,8-12,14H2,1H3. The molecule has 1 saturated heterocycles. The zero-order chi connectivity index (χ0) is 14.5. The second-order valence-corrected chi connectivity index (χ2v) is 5.58. The summed E-state index contributed by atoms with van der Waals surface area (Å²) in [7, 11) is 0. The monoisotopic (exact) mass is 285 g/mol. The van der Waals surface area contributed by atoms with Crippen LogP contribution in [0.25, 0.3) is 5.69 Å². The maximum absolute atomic E-state index is 4.58. The lowest BCUT2D eigenvalue weighted by Crippen LogP contribution is -2.46. The van der Waals surface area contributed by atoms with Crippen LogP contribution in [-0.4, -0.2) is 57.5 Å². The number of para-hydroxylation sites is 1. The molecular formula is C16H23N5. The third-order valence-electron chi connectivity index (χ3n) is 3.92. The Morgan fingerprint density at radius 3 is 2.43 bits per heavy atom. The van der Waals surface area contributed by atoms with E-state index in [2.05, 4.69) is 26.9 Å². The molecule has 0 aliphatic carbocycles. The van der Waals surface area contributed by atoms with Crippen molar-refractivity contribution < 1.29 is 0 Å². The highest BCUT2D eigenvalue weighted by Gasteiger charge is 2.17. The van der Waals surface area contributed by atoms with Crippen molar-refractivity contribution in [3.63, 3.8) is 0 Å². The normalized spacial score (nSPS) is 17.2. The SMILES string of the molecule is CCCN1CCN(Cc2cnn(-c3ccccc3)n2)CC1. The summed E-state index contributed by atoms with van der Waals surface area (Å²) in [5.74, 6) is 0. The van der Waals surface area contributed by atoms with E-state index in [-0.39, 0.29) is 0 Å². The molecule has 1 aromatic carbocycles. The van der Waals surface area contributed by atoms with Crippen LogP contribution in [-0.2, 0) is 6.54 Å². The van der Waals surface area contributed by atoms with Gasteiger partial charge in [-0.05, 0) is 25.1 Å². The Hall–Kier alpha value is -1.72. The van der Waals surface area contributed by atoms with E-state index in [0.29, 0.717) is 0 Å². The van der Waals surface area contributed by atoms with Gasteiger partial charge in [0.25, 0.3) is 0 Å². The predicted molar refractivity (Wildman–Crippen MR) is 83.4 cm³/mol. The number of hydrogen-bond acceptors (Lipinski definition) is 4. The molecule has 2 aromatic rings. The van der Waals surface area contributed by atoms with E-state index in [1.54, 1.807) is 4.80 Å². The molecule has 0 bridgehead atoms. The van der Waals surface area contributed by atoms with Crippen LogP contribution in [0.3, 0.4) is 0 Å². The van der Waals surface area contributed by atoms with Crippen molar-refractivity contribution in [3.8, 4) is 5.69 Å². The smallest absolute Gasteiger partial charge is 0.0971 e. The van der Waals surface area contributed by atoms with E-state index in [4.69, 9.17) is 0 Å². The molecule has 1 aliphatic heterocycles. The molecule has 1 aromatic heterocycles. The highest BCUT2D eigenvalue weighted by atomic mass is 15.5. The van der Waals surface area contributed by atoms with Gasteiger partial charge in [-0.2, -0.15) is 15.0 Å². The molecular weight excluding hydrogens is 262 g/mol. The molecule has 0 spiro atoms. The Morgan fingerprint density at radius 2 is 1.71 bits per heavy atom. The Balaban J connectivity index is 1.56. The first-order chi connectivity index (χ1) is 10.3. The van der Waals surface area contributed by atoms with Gasteiger partial charge in [0.2, 0.25) is 0 Å². The molecule has 21 heavy (non-hydrogen) atoms. The molecule has 0 radical (unpaired) electrons. The number of piperazine rings is 1. The maximum Gasteiger partial charge on any atom is 0.0971 e. The summed E-state index contributed by atoms with van der Waals surface area (Å²) < 4.78 is 0. The van der Waals surface area contributed by atoms with Gasteiger partial charge in [0, 0.05) is 32.7 Å². The number of nitrogens with zero attached hydrogens (tertiary/aromatic N) is 5. The van der Waals surface area contributed by atoms with Gasteiger partial charge in [0.15, 0.2) is 0 Å². The lowest BCUT2D eigenvalue weighted by atomic mass is 10.3. The van der Waals surface area contributed by atoms with E-state index in [1.165, 1.54) is 26.1 Å². The van der Waals surface area contributed by atoms with Crippen LogP contribution in [0.4, 0.5) is 0 Å². The topological polar surface area (TPSA) is 37.2 Å². The van der Waals surface area contributed by atoms with Gasteiger partial charge in [-0.25, -0.2) is 0 Å². The zero-order valence-corrected chi connectivity index (χ0v) is 12.6. The minimum Gasteiger partial charge on any atom is -0.301 e. The highest BCUT2D eigenvalue weighted by Crippen LogP contribution is 2.08. The molecule has 0 unspecified atom stereocenters. The van der Waals surface area contributed by atoms with Gasteiger partial charge in [-0.15, -0.1) is 0 Å². The highest BCUT2D eigenvalue weighted by molar-refractivity contribution is 5.28. The first-order valence-electron chi connectivity index (χ1n) is 7.76. The molecule has 112 valence electrons. The fourth-order valence-electron chi connectivity index (χ4n) is 2.77. The molecule has 5 nitrogen and oxygen atoms in total. The van der Waals surface area contributed by atoms with Crippen molar-refractivity contribution in [1.29, 1.82) is 0 Å². The van der Waals surface area contributed by atoms with Crippen molar-refractivity contribution in [2.75, 3.05) is 32.7 Å². The minimum atomic E-state index is 0.896. The largest absolute Gasteiger partial charge is 0.301 e. The summed E-state index contributed by atoms with van der Waals surface area (Å²) in [5.41, 5.74) is 2.05. The summed E-state index contributed by atoms with van der Waals surface area (Å²) in [5, 5.41) is 8.95. The van der Waals surface area contributed by atoms with Crippen molar-refractivity contribution in [1.82, 2.24) is 24.8 Å². The Kier molecular flexibility index (Phi) is 4.62. The molecule has 0 atom stereocenters. The molecule has 0 saturated carbocycles. The first-order valence-corrected chi connectivity index (χ1v) is 7.76. The minimum absolute atomic E-state index is 0.896. The molecule has 5 heteroatoms.